The van der Waals surface area contributed by atoms with Crippen LogP contribution < -0.4 is 15.0 Å². The SMILES string of the molecule is CCC(=O)N1CCOc2cc3ncnc(Nc4ccc(F)c(Cl)c4)c3cc21. The first-order valence-electron chi connectivity index (χ1n) is 8.51. The van der Waals surface area contributed by atoms with Gasteiger partial charge in [-0.2, -0.15) is 0 Å². The van der Waals surface area contributed by atoms with Gasteiger partial charge in [0, 0.05) is 23.6 Å². The number of amides is 1. The Labute approximate surface area is 159 Å². The summed E-state index contributed by atoms with van der Waals surface area (Å²) in [5, 5.41) is 3.87. The molecule has 8 heteroatoms. The summed E-state index contributed by atoms with van der Waals surface area (Å²) in [5.41, 5.74) is 1.96. The van der Waals surface area contributed by atoms with E-state index in [-0.39, 0.29) is 10.9 Å². The lowest BCUT2D eigenvalue weighted by molar-refractivity contribution is -0.118. The smallest absolute Gasteiger partial charge is 0.226 e. The summed E-state index contributed by atoms with van der Waals surface area (Å²) < 4.78 is 19.1. The first kappa shape index (κ1) is 17.5. The van der Waals surface area contributed by atoms with Crippen molar-refractivity contribution in [1.29, 1.82) is 0 Å². The Morgan fingerprint density at radius 3 is 2.96 bits per heavy atom. The molecule has 0 spiro atoms. The second-order valence-corrected chi connectivity index (χ2v) is 6.47. The van der Waals surface area contributed by atoms with E-state index in [1.54, 1.807) is 17.0 Å². The third-order valence-electron chi connectivity index (χ3n) is 4.37. The topological polar surface area (TPSA) is 67.4 Å². The van der Waals surface area contributed by atoms with Gasteiger partial charge in [0.25, 0.3) is 0 Å². The van der Waals surface area contributed by atoms with Crippen LogP contribution in [-0.2, 0) is 4.79 Å². The lowest BCUT2D eigenvalue weighted by Gasteiger charge is -2.29. The van der Waals surface area contributed by atoms with Gasteiger partial charge in [0.2, 0.25) is 5.91 Å². The molecule has 0 atom stereocenters. The van der Waals surface area contributed by atoms with Crippen molar-refractivity contribution in [2.45, 2.75) is 13.3 Å². The quantitative estimate of drug-likeness (QED) is 0.726. The summed E-state index contributed by atoms with van der Waals surface area (Å²) in [6, 6.07) is 7.98. The van der Waals surface area contributed by atoms with E-state index in [0.29, 0.717) is 48.0 Å². The fourth-order valence-electron chi connectivity index (χ4n) is 3.03. The van der Waals surface area contributed by atoms with E-state index in [4.69, 9.17) is 16.3 Å². The fraction of sp³-hybridized carbons (Fsp3) is 0.211. The van der Waals surface area contributed by atoms with Gasteiger partial charge in [-0.1, -0.05) is 18.5 Å². The number of hydrogen-bond donors (Lipinski definition) is 1. The summed E-state index contributed by atoms with van der Waals surface area (Å²) in [5.74, 6) is 0.676. The van der Waals surface area contributed by atoms with Gasteiger partial charge in [-0.3, -0.25) is 4.79 Å². The van der Waals surface area contributed by atoms with Gasteiger partial charge in [0.05, 0.1) is 22.8 Å². The maximum Gasteiger partial charge on any atom is 0.226 e. The van der Waals surface area contributed by atoms with Crippen molar-refractivity contribution in [3.8, 4) is 5.75 Å². The number of rotatable bonds is 3. The lowest BCUT2D eigenvalue weighted by Crippen LogP contribution is -2.37. The van der Waals surface area contributed by atoms with Gasteiger partial charge in [-0.15, -0.1) is 0 Å². The monoisotopic (exact) mass is 386 g/mol. The van der Waals surface area contributed by atoms with Crippen molar-refractivity contribution in [2.75, 3.05) is 23.4 Å². The van der Waals surface area contributed by atoms with Crippen LogP contribution in [0, 0.1) is 5.82 Å². The highest BCUT2D eigenvalue weighted by Crippen LogP contribution is 2.37. The molecule has 0 bridgehead atoms. The van der Waals surface area contributed by atoms with Crippen LogP contribution in [0.25, 0.3) is 10.9 Å². The summed E-state index contributed by atoms with van der Waals surface area (Å²) in [4.78, 5) is 22.6. The van der Waals surface area contributed by atoms with E-state index in [1.165, 1.54) is 18.5 Å². The minimum atomic E-state index is -0.491. The zero-order valence-corrected chi connectivity index (χ0v) is 15.3. The predicted octanol–water partition coefficient (Wildman–Crippen LogP) is 4.30. The second kappa shape index (κ2) is 7.00. The molecule has 0 fully saturated rings. The molecule has 0 saturated carbocycles. The molecule has 6 nitrogen and oxygen atoms in total. The van der Waals surface area contributed by atoms with E-state index in [1.807, 2.05) is 13.0 Å². The number of nitrogens with one attached hydrogen (secondary N) is 1. The number of ether oxygens (including phenoxy) is 1. The number of carbonyl (C=O) groups excluding carboxylic acids is 1. The predicted molar refractivity (Wildman–Crippen MR) is 102 cm³/mol. The van der Waals surface area contributed by atoms with Crippen LogP contribution in [0.2, 0.25) is 5.02 Å². The van der Waals surface area contributed by atoms with Crippen LogP contribution in [0.1, 0.15) is 13.3 Å². The van der Waals surface area contributed by atoms with E-state index < -0.39 is 5.82 Å². The summed E-state index contributed by atoms with van der Waals surface area (Å²) in [7, 11) is 0. The van der Waals surface area contributed by atoms with Crippen molar-refractivity contribution >= 4 is 45.6 Å². The summed E-state index contributed by atoms with van der Waals surface area (Å²) in [6.45, 7) is 2.76. The van der Waals surface area contributed by atoms with Gasteiger partial charge in [-0.25, -0.2) is 14.4 Å². The normalized spacial score (nSPS) is 13.2. The van der Waals surface area contributed by atoms with Gasteiger partial charge >= 0.3 is 0 Å². The molecule has 3 aromatic rings. The number of hydrogen-bond acceptors (Lipinski definition) is 5. The van der Waals surface area contributed by atoms with Crippen LogP contribution >= 0.6 is 11.6 Å². The minimum absolute atomic E-state index is 0.0175. The molecule has 1 aliphatic rings. The molecule has 4 rings (SSSR count). The fourth-order valence-corrected chi connectivity index (χ4v) is 3.21. The van der Waals surface area contributed by atoms with Crippen molar-refractivity contribution in [2.24, 2.45) is 0 Å². The minimum Gasteiger partial charge on any atom is -0.489 e. The number of anilines is 3. The molecule has 138 valence electrons. The Kier molecular flexibility index (Phi) is 4.53. The average molecular weight is 387 g/mol. The van der Waals surface area contributed by atoms with Crippen LogP contribution in [0.4, 0.5) is 21.6 Å². The number of nitrogens with zero attached hydrogens (tertiary/aromatic N) is 3. The standard InChI is InChI=1S/C19H16ClFN4O2/c1-2-18(26)25-5-6-27-17-9-15-12(8-16(17)25)19(23-10-22-15)24-11-3-4-14(21)13(20)7-11/h3-4,7-10H,2,5-6H2,1H3,(H,22,23,24). The van der Waals surface area contributed by atoms with E-state index in [9.17, 15) is 9.18 Å². The zero-order valence-electron chi connectivity index (χ0n) is 14.5. The number of fused-ring (bicyclic) bond motifs is 2. The van der Waals surface area contributed by atoms with Gasteiger partial charge < -0.3 is 15.0 Å². The van der Waals surface area contributed by atoms with Crippen LogP contribution in [0.5, 0.6) is 5.75 Å². The number of halogens is 2. The van der Waals surface area contributed by atoms with Crippen molar-refractivity contribution in [1.82, 2.24) is 9.97 Å². The first-order valence-corrected chi connectivity index (χ1v) is 8.88. The molecular formula is C19H16ClFN4O2. The molecule has 1 N–H and O–H groups in total. The zero-order chi connectivity index (χ0) is 19.0. The van der Waals surface area contributed by atoms with Crippen molar-refractivity contribution in [3.63, 3.8) is 0 Å². The van der Waals surface area contributed by atoms with E-state index >= 15 is 0 Å². The number of aromatic nitrogens is 2. The highest BCUT2D eigenvalue weighted by Gasteiger charge is 2.24. The molecule has 0 saturated heterocycles. The van der Waals surface area contributed by atoms with E-state index in [2.05, 4.69) is 15.3 Å². The van der Waals surface area contributed by atoms with E-state index in [0.717, 1.165) is 5.39 Å². The van der Waals surface area contributed by atoms with Gasteiger partial charge in [0.1, 0.15) is 30.3 Å². The molecular weight excluding hydrogens is 371 g/mol. The van der Waals surface area contributed by atoms with Crippen molar-refractivity contribution in [3.05, 3.63) is 47.5 Å². The number of benzene rings is 2. The molecule has 2 heterocycles. The van der Waals surface area contributed by atoms with Crippen LogP contribution in [0.3, 0.4) is 0 Å². The Morgan fingerprint density at radius 2 is 2.19 bits per heavy atom. The Hall–Kier alpha value is -2.93. The number of carbonyl (C=O) groups is 1. The Bertz CT molecular complexity index is 1040. The Balaban J connectivity index is 1.80. The molecule has 0 radical (unpaired) electrons. The maximum atomic E-state index is 13.4. The molecule has 0 unspecified atom stereocenters. The van der Waals surface area contributed by atoms with Gasteiger partial charge in [-0.05, 0) is 24.3 Å². The highest BCUT2D eigenvalue weighted by molar-refractivity contribution is 6.31. The molecule has 1 aromatic heterocycles. The molecule has 0 aliphatic carbocycles. The molecule has 1 aliphatic heterocycles. The van der Waals surface area contributed by atoms with Crippen LogP contribution in [0.15, 0.2) is 36.7 Å². The second-order valence-electron chi connectivity index (χ2n) is 6.06. The van der Waals surface area contributed by atoms with Crippen molar-refractivity contribution < 1.29 is 13.9 Å². The molecule has 1 amide bonds. The van der Waals surface area contributed by atoms with Gasteiger partial charge in [0.15, 0.2) is 0 Å². The maximum absolute atomic E-state index is 13.4. The largest absolute Gasteiger partial charge is 0.489 e. The molecule has 27 heavy (non-hydrogen) atoms. The summed E-state index contributed by atoms with van der Waals surface area (Å²) in [6.07, 6.45) is 1.84. The molecule has 2 aromatic carbocycles. The lowest BCUT2D eigenvalue weighted by atomic mass is 10.1. The Morgan fingerprint density at radius 1 is 1.33 bits per heavy atom. The first-order chi connectivity index (χ1) is 13.1. The highest BCUT2D eigenvalue weighted by atomic mass is 35.5. The van der Waals surface area contributed by atoms with Crippen LogP contribution in [-0.4, -0.2) is 29.0 Å². The summed E-state index contributed by atoms with van der Waals surface area (Å²) >= 11 is 5.85. The average Bonchev–Trinajstić information content (AvgIpc) is 2.68. The third kappa shape index (κ3) is 3.26. The third-order valence-corrected chi connectivity index (χ3v) is 4.65.